The fourth-order valence-electron chi connectivity index (χ4n) is 4.81. The molecule has 4 rings (SSSR count). The minimum atomic E-state index is -4.62. The van der Waals surface area contributed by atoms with E-state index in [1.165, 1.54) is 17.7 Å². The van der Waals surface area contributed by atoms with Crippen LogP contribution in [0.15, 0.2) is 48.5 Å². The second-order valence-electron chi connectivity index (χ2n) is 7.81. The molecule has 1 aliphatic carbocycles. The standard InChI is InChI=1S/C22H22F3N3O/c1-27-20-11-15(14-5-3-2-4-6-14)8-10-19(20)28(21(27)29)17-9-7-16(13-26)18(12-17)22(23,24)25/h2-7,9,12,15,19-21,29H,8,10-11H2,1H3. The number of aliphatic hydroxyl groups is 1. The van der Waals surface area contributed by atoms with Gasteiger partial charge in [0.05, 0.1) is 17.2 Å². The van der Waals surface area contributed by atoms with Crippen molar-refractivity contribution in [2.24, 2.45) is 0 Å². The van der Waals surface area contributed by atoms with Gasteiger partial charge in [0.1, 0.15) is 0 Å². The van der Waals surface area contributed by atoms with Crippen molar-refractivity contribution < 1.29 is 18.3 Å². The molecule has 0 radical (unpaired) electrons. The average Bonchev–Trinajstić information content (AvgIpc) is 2.97. The maximum absolute atomic E-state index is 13.4. The number of nitrogens with zero attached hydrogens (tertiary/aromatic N) is 3. The third-order valence-electron chi connectivity index (χ3n) is 6.27. The number of hydrogen-bond donors (Lipinski definition) is 1. The number of benzene rings is 2. The molecule has 1 saturated carbocycles. The first-order valence-corrected chi connectivity index (χ1v) is 9.66. The van der Waals surface area contributed by atoms with E-state index in [2.05, 4.69) is 12.1 Å². The molecule has 1 heterocycles. The molecule has 0 aromatic heterocycles. The molecular weight excluding hydrogens is 379 g/mol. The van der Waals surface area contributed by atoms with Gasteiger partial charge in [-0.3, -0.25) is 4.90 Å². The highest BCUT2D eigenvalue weighted by Crippen LogP contribution is 2.44. The first-order valence-electron chi connectivity index (χ1n) is 9.66. The summed E-state index contributed by atoms with van der Waals surface area (Å²) in [7, 11) is 1.81. The number of alkyl halides is 3. The Labute approximate surface area is 167 Å². The van der Waals surface area contributed by atoms with Crippen molar-refractivity contribution in [2.75, 3.05) is 11.9 Å². The van der Waals surface area contributed by atoms with Gasteiger partial charge in [0.2, 0.25) is 0 Å². The summed E-state index contributed by atoms with van der Waals surface area (Å²) in [5.74, 6) is 0.360. The maximum atomic E-state index is 13.4. The van der Waals surface area contributed by atoms with Crippen LogP contribution in [0.4, 0.5) is 18.9 Å². The summed E-state index contributed by atoms with van der Waals surface area (Å²) < 4.78 is 40.2. The Balaban J connectivity index is 1.65. The molecule has 29 heavy (non-hydrogen) atoms. The smallest absolute Gasteiger partial charge is 0.361 e. The zero-order valence-corrected chi connectivity index (χ0v) is 16.0. The van der Waals surface area contributed by atoms with Crippen molar-refractivity contribution in [1.82, 2.24) is 4.90 Å². The van der Waals surface area contributed by atoms with Gasteiger partial charge < -0.3 is 10.0 Å². The molecular formula is C22H22F3N3O. The summed E-state index contributed by atoms with van der Waals surface area (Å²) in [4.78, 5) is 3.51. The minimum Gasteiger partial charge on any atom is -0.361 e. The van der Waals surface area contributed by atoms with E-state index >= 15 is 0 Å². The number of likely N-dealkylation sites (N-methyl/N-ethyl adjacent to an activating group) is 1. The fraction of sp³-hybridized carbons (Fsp3) is 0.409. The molecule has 152 valence electrons. The zero-order valence-electron chi connectivity index (χ0n) is 16.0. The van der Waals surface area contributed by atoms with Crippen LogP contribution in [-0.2, 0) is 6.18 Å². The van der Waals surface area contributed by atoms with Crippen LogP contribution in [0.2, 0.25) is 0 Å². The van der Waals surface area contributed by atoms with Gasteiger partial charge in [-0.15, -0.1) is 0 Å². The highest BCUT2D eigenvalue weighted by Gasteiger charge is 2.48. The summed E-state index contributed by atoms with van der Waals surface area (Å²) in [5, 5.41) is 19.9. The van der Waals surface area contributed by atoms with Gasteiger partial charge >= 0.3 is 6.18 Å². The van der Waals surface area contributed by atoms with Crippen molar-refractivity contribution >= 4 is 5.69 Å². The first kappa shape index (κ1) is 19.7. The predicted molar refractivity (Wildman–Crippen MR) is 103 cm³/mol. The van der Waals surface area contributed by atoms with E-state index in [0.717, 1.165) is 25.3 Å². The van der Waals surface area contributed by atoms with Crippen LogP contribution >= 0.6 is 0 Å². The van der Waals surface area contributed by atoms with Crippen molar-refractivity contribution in [2.45, 2.75) is 49.8 Å². The van der Waals surface area contributed by atoms with Crippen LogP contribution in [-0.4, -0.2) is 35.5 Å². The second-order valence-corrected chi connectivity index (χ2v) is 7.81. The molecule has 2 fully saturated rings. The highest BCUT2D eigenvalue weighted by atomic mass is 19.4. The molecule has 4 unspecified atom stereocenters. The molecule has 1 N–H and O–H groups in total. The number of halogens is 3. The Hall–Kier alpha value is -2.56. The molecule has 0 bridgehead atoms. The van der Waals surface area contributed by atoms with Gasteiger partial charge in [-0.25, -0.2) is 0 Å². The lowest BCUT2D eigenvalue weighted by Crippen LogP contribution is -2.41. The summed E-state index contributed by atoms with van der Waals surface area (Å²) in [5.41, 5.74) is 0.174. The quantitative estimate of drug-likeness (QED) is 0.815. The van der Waals surface area contributed by atoms with Gasteiger partial charge in [-0.05, 0) is 56.0 Å². The van der Waals surface area contributed by atoms with Crippen LogP contribution in [0.5, 0.6) is 0 Å². The number of aliphatic hydroxyl groups excluding tert-OH is 1. The van der Waals surface area contributed by atoms with E-state index in [-0.39, 0.29) is 12.1 Å². The maximum Gasteiger partial charge on any atom is 0.417 e. The number of hydrogen-bond acceptors (Lipinski definition) is 4. The number of nitriles is 1. The molecule has 7 heteroatoms. The van der Waals surface area contributed by atoms with Crippen LogP contribution in [0.1, 0.15) is 41.9 Å². The number of fused-ring (bicyclic) bond motifs is 1. The van der Waals surface area contributed by atoms with Gasteiger partial charge in [0, 0.05) is 17.8 Å². The van der Waals surface area contributed by atoms with Crippen LogP contribution in [0.25, 0.3) is 0 Å². The van der Waals surface area contributed by atoms with Crippen molar-refractivity contribution in [3.63, 3.8) is 0 Å². The number of rotatable bonds is 2. The Kier molecular flexibility index (Phi) is 5.01. The molecule has 2 aliphatic rings. The lowest BCUT2D eigenvalue weighted by atomic mass is 9.78. The van der Waals surface area contributed by atoms with Gasteiger partial charge in [-0.1, -0.05) is 30.3 Å². The number of anilines is 1. The molecule has 0 amide bonds. The fourth-order valence-corrected chi connectivity index (χ4v) is 4.81. The Morgan fingerprint density at radius 3 is 2.45 bits per heavy atom. The molecule has 4 atom stereocenters. The highest BCUT2D eigenvalue weighted by molar-refractivity contribution is 5.57. The van der Waals surface area contributed by atoms with E-state index in [1.54, 1.807) is 11.0 Å². The van der Waals surface area contributed by atoms with E-state index in [1.807, 2.05) is 30.1 Å². The zero-order chi connectivity index (χ0) is 20.8. The van der Waals surface area contributed by atoms with Gasteiger partial charge in [0.25, 0.3) is 0 Å². The summed E-state index contributed by atoms with van der Waals surface area (Å²) in [6, 6.07) is 15.4. The van der Waals surface area contributed by atoms with Crippen LogP contribution < -0.4 is 4.90 Å². The van der Waals surface area contributed by atoms with E-state index < -0.39 is 23.7 Å². The van der Waals surface area contributed by atoms with Crippen molar-refractivity contribution in [1.29, 1.82) is 5.26 Å². The van der Waals surface area contributed by atoms with E-state index in [4.69, 9.17) is 5.26 Å². The molecule has 4 nitrogen and oxygen atoms in total. The first-order chi connectivity index (χ1) is 13.8. The lowest BCUT2D eigenvalue weighted by molar-refractivity contribution is -0.137. The molecule has 2 aromatic rings. The normalized spacial score (nSPS) is 27.5. The summed E-state index contributed by atoms with van der Waals surface area (Å²) in [6.07, 6.45) is -3.12. The third-order valence-corrected chi connectivity index (χ3v) is 6.27. The topological polar surface area (TPSA) is 50.5 Å². The van der Waals surface area contributed by atoms with Crippen LogP contribution in [0, 0.1) is 11.3 Å². The van der Waals surface area contributed by atoms with Crippen LogP contribution in [0.3, 0.4) is 0 Å². The summed E-state index contributed by atoms with van der Waals surface area (Å²) in [6.45, 7) is 0. The minimum absolute atomic E-state index is 0.0361. The summed E-state index contributed by atoms with van der Waals surface area (Å²) >= 11 is 0. The second kappa shape index (κ2) is 7.36. The van der Waals surface area contributed by atoms with Gasteiger partial charge in [-0.2, -0.15) is 18.4 Å². The monoisotopic (exact) mass is 401 g/mol. The Morgan fingerprint density at radius 2 is 1.79 bits per heavy atom. The largest absolute Gasteiger partial charge is 0.417 e. The molecule has 2 aromatic carbocycles. The van der Waals surface area contributed by atoms with E-state index in [9.17, 15) is 18.3 Å². The van der Waals surface area contributed by atoms with Crippen molar-refractivity contribution in [3.8, 4) is 6.07 Å². The van der Waals surface area contributed by atoms with E-state index in [0.29, 0.717) is 11.6 Å². The third kappa shape index (κ3) is 3.47. The Morgan fingerprint density at radius 1 is 1.07 bits per heavy atom. The SMILES string of the molecule is CN1C2CC(c3ccccc3)CCC2N(c2ccc(C#N)c(C(F)(F)F)c2)C1O. The average molecular weight is 401 g/mol. The van der Waals surface area contributed by atoms with Gasteiger partial charge in [0.15, 0.2) is 6.35 Å². The molecule has 1 aliphatic heterocycles. The Bertz CT molecular complexity index is 925. The molecule has 0 spiro atoms. The van der Waals surface area contributed by atoms with Crippen molar-refractivity contribution in [3.05, 3.63) is 65.2 Å². The predicted octanol–water partition coefficient (Wildman–Crippen LogP) is 4.31. The molecule has 1 saturated heterocycles. The lowest BCUT2D eigenvalue weighted by Gasteiger charge is -2.36.